The van der Waals surface area contributed by atoms with Crippen LogP contribution in [0, 0.1) is 5.82 Å². The number of halogens is 1. The number of aliphatic imine (C=N–C) groups is 1. The molecule has 1 saturated heterocycles. The molecule has 3 N–H and O–H groups in total. The first kappa shape index (κ1) is 23.2. The molecule has 1 atom stereocenters. The van der Waals surface area contributed by atoms with Crippen LogP contribution in [-0.4, -0.2) is 40.2 Å². The fraction of sp³-hybridized carbons (Fsp3) is 0.409. The molecular formula is C22H29FN4O3S. The predicted octanol–water partition coefficient (Wildman–Crippen LogP) is 2.54. The lowest BCUT2D eigenvalue weighted by Crippen LogP contribution is -2.36. The van der Waals surface area contributed by atoms with E-state index in [1.54, 1.807) is 30.3 Å². The van der Waals surface area contributed by atoms with Gasteiger partial charge in [-0.1, -0.05) is 24.3 Å². The highest BCUT2D eigenvalue weighted by Gasteiger charge is 2.20. The summed E-state index contributed by atoms with van der Waals surface area (Å²) in [6, 6.07) is 13.1. The third kappa shape index (κ3) is 7.30. The number of rotatable bonds is 9. The molecule has 7 nitrogen and oxygen atoms in total. The Morgan fingerprint density at radius 3 is 2.65 bits per heavy atom. The van der Waals surface area contributed by atoms with Gasteiger partial charge in [0.05, 0.1) is 17.5 Å². The van der Waals surface area contributed by atoms with Gasteiger partial charge in [-0.3, -0.25) is 0 Å². The van der Waals surface area contributed by atoms with E-state index in [0.29, 0.717) is 38.7 Å². The molecule has 1 aliphatic heterocycles. The third-order valence-electron chi connectivity index (χ3n) is 4.87. The highest BCUT2D eigenvalue weighted by atomic mass is 32.2. The Labute approximate surface area is 183 Å². The van der Waals surface area contributed by atoms with Crippen LogP contribution in [-0.2, 0) is 27.8 Å². The van der Waals surface area contributed by atoms with Crippen molar-refractivity contribution >= 4 is 16.0 Å². The van der Waals surface area contributed by atoms with Crippen LogP contribution < -0.4 is 15.4 Å². The molecule has 2 aromatic carbocycles. The van der Waals surface area contributed by atoms with E-state index in [1.807, 2.05) is 13.0 Å². The quantitative estimate of drug-likeness (QED) is 0.405. The maximum Gasteiger partial charge on any atom is 0.240 e. The van der Waals surface area contributed by atoms with E-state index >= 15 is 0 Å². The molecule has 0 bridgehead atoms. The van der Waals surface area contributed by atoms with E-state index in [-0.39, 0.29) is 16.8 Å². The largest absolute Gasteiger partial charge is 0.377 e. The number of benzene rings is 2. The minimum Gasteiger partial charge on any atom is -0.377 e. The third-order valence-corrected chi connectivity index (χ3v) is 6.31. The molecule has 0 aliphatic carbocycles. The lowest BCUT2D eigenvalue weighted by atomic mass is 10.2. The summed E-state index contributed by atoms with van der Waals surface area (Å²) in [5.41, 5.74) is 1.69. The van der Waals surface area contributed by atoms with Crippen molar-refractivity contribution in [2.75, 3.05) is 19.7 Å². The first-order valence-corrected chi connectivity index (χ1v) is 11.9. The van der Waals surface area contributed by atoms with E-state index in [2.05, 4.69) is 20.3 Å². The van der Waals surface area contributed by atoms with Crippen LogP contribution >= 0.6 is 0 Å². The Hall–Kier alpha value is -2.49. The van der Waals surface area contributed by atoms with Gasteiger partial charge in [-0.05, 0) is 55.2 Å². The average molecular weight is 449 g/mol. The number of guanidine groups is 1. The molecule has 1 aliphatic rings. The van der Waals surface area contributed by atoms with E-state index in [9.17, 15) is 12.8 Å². The monoisotopic (exact) mass is 448 g/mol. The zero-order valence-electron chi connectivity index (χ0n) is 17.6. The molecule has 0 aromatic heterocycles. The lowest BCUT2D eigenvalue weighted by molar-refractivity contribution is 0.114. The minimum absolute atomic E-state index is 0.0469. The Kier molecular flexibility index (Phi) is 8.39. The van der Waals surface area contributed by atoms with Gasteiger partial charge in [0.15, 0.2) is 5.96 Å². The second-order valence-corrected chi connectivity index (χ2v) is 9.08. The molecule has 0 spiro atoms. The van der Waals surface area contributed by atoms with E-state index in [0.717, 1.165) is 24.0 Å². The molecule has 1 heterocycles. The summed E-state index contributed by atoms with van der Waals surface area (Å²) in [4.78, 5) is 4.69. The zero-order valence-corrected chi connectivity index (χ0v) is 18.4. The molecule has 2 aromatic rings. The van der Waals surface area contributed by atoms with Crippen LogP contribution in [0.1, 0.15) is 30.9 Å². The summed E-state index contributed by atoms with van der Waals surface area (Å²) >= 11 is 0. The van der Waals surface area contributed by atoms with Crippen LogP contribution in [0.15, 0.2) is 58.4 Å². The highest BCUT2D eigenvalue weighted by Crippen LogP contribution is 2.14. The van der Waals surface area contributed by atoms with Crippen LogP contribution in [0.5, 0.6) is 0 Å². The molecule has 31 heavy (non-hydrogen) atoms. The van der Waals surface area contributed by atoms with Crippen molar-refractivity contribution in [3.63, 3.8) is 0 Å². The van der Waals surface area contributed by atoms with E-state index < -0.39 is 10.0 Å². The molecule has 9 heteroatoms. The summed E-state index contributed by atoms with van der Waals surface area (Å²) in [6.07, 6.45) is 1.80. The van der Waals surface area contributed by atoms with Crippen molar-refractivity contribution in [3.8, 4) is 0 Å². The fourth-order valence-corrected chi connectivity index (χ4v) is 4.28. The Balaban J connectivity index is 1.55. The van der Waals surface area contributed by atoms with Crippen LogP contribution in [0.3, 0.4) is 0 Å². The van der Waals surface area contributed by atoms with E-state index in [1.165, 1.54) is 12.1 Å². The van der Waals surface area contributed by atoms with Crippen molar-refractivity contribution in [1.82, 2.24) is 15.4 Å². The van der Waals surface area contributed by atoms with Gasteiger partial charge in [-0.15, -0.1) is 0 Å². The topological polar surface area (TPSA) is 91.8 Å². The van der Waals surface area contributed by atoms with Gasteiger partial charge in [0.25, 0.3) is 0 Å². The maximum absolute atomic E-state index is 13.3. The highest BCUT2D eigenvalue weighted by molar-refractivity contribution is 7.89. The van der Waals surface area contributed by atoms with Crippen molar-refractivity contribution in [1.29, 1.82) is 0 Å². The van der Waals surface area contributed by atoms with Gasteiger partial charge in [-0.2, -0.15) is 0 Å². The number of nitrogens with one attached hydrogen (secondary N) is 3. The van der Waals surface area contributed by atoms with Crippen molar-refractivity contribution in [2.45, 2.75) is 43.9 Å². The number of ether oxygens (including phenoxy) is 1. The maximum atomic E-state index is 13.3. The SMILES string of the molecule is CCNC(=NCc1cccc(F)c1)NCc1ccc(S(=O)(=O)NCC2CCCO2)cc1. The van der Waals surface area contributed by atoms with Crippen LogP contribution in [0.2, 0.25) is 0 Å². The summed E-state index contributed by atoms with van der Waals surface area (Å²) in [6.45, 7) is 4.44. The number of hydrogen-bond acceptors (Lipinski definition) is 4. The van der Waals surface area contributed by atoms with Gasteiger partial charge in [0, 0.05) is 26.2 Å². The molecule has 168 valence electrons. The summed E-state index contributed by atoms with van der Waals surface area (Å²) in [5.74, 6) is 0.313. The normalized spacial score (nSPS) is 17.0. The first-order valence-electron chi connectivity index (χ1n) is 10.4. The van der Waals surface area contributed by atoms with Crippen molar-refractivity contribution in [3.05, 3.63) is 65.5 Å². The average Bonchev–Trinajstić information content (AvgIpc) is 3.29. The standard InChI is InChI=1S/C22H29FN4O3S/c1-2-24-22(26-15-18-5-3-6-19(23)13-18)25-14-17-8-10-21(11-9-17)31(28,29)27-16-20-7-4-12-30-20/h3,5-6,8-11,13,20,27H,2,4,7,12,14-16H2,1H3,(H2,24,25,26). The van der Waals surface area contributed by atoms with Gasteiger partial charge in [-0.25, -0.2) is 22.5 Å². The molecule has 0 saturated carbocycles. The van der Waals surface area contributed by atoms with Crippen LogP contribution in [0.4, 0.5) is 4.39 Å². The summed E-state index contributed by atoms with van der Waals surface area (Å²) in [7, 11) is -3.56. The van der Waals surface area contributed by atoms with Gasteiger partial charge >= 0.3 is 0 Å². The second-order valence-electron chi connectivity index (χ2n) is 7.31. The molecule has 0 amide bonds. The smallest absolute Gasteiger partial charge is 0.240 e. The first-order chi connectivity index (χ1) is 15.0. The van der Waals surface area contributed by atoms with Crippen molar-refractivity contribution in [2.24, 2.45) is 4.99 Å². The molecular weight excluding hydrogens is 419 g/mol. The summed E-state index contributed by atoms with van der Waals surface area (Å²) < 4.78 is 46.3. The molecule has 1 fully saturated rings. The molecule has 1 unspecified atom stereocenters. The predicted molar refractivity (Wildman–Crippen MR) is 119 cm³/mol. The van der Waals surface area contributed by atoms with Crippen molar-refractivity contribution < 1.29 is 17.5 Å². The van der Waals surface area contributed by atoms with Crippen LogP contribution in [0.25, 0.3) is 0 Å². The number of sulfonamides is 1. The van der Waals surface area contributed by atoms with Gasteiger partial charge < -0.3 is 15.4 Å². The number of hydrogen-bond donors (Lipinski definition) is 3. The Morgan fingerprint density at radius 2 is 1.97 bits per heavy atom. The second kappa shape index (κ2) is 11.2. The number of nitrogens with zero attached hydrogens (tertiary/aromatic N) is 1. The van der Waals surface area contributed by atoms with Gasteiger partial charge in [0.1, 0.15) is 5.82 Å². The Morgan fingerprint density at radius 1 is 1.16 bits per heavy atom. The van der Waals surface area contributed by atoms with E-state index in [4.69, 9.17) is 4.74 Å². The minimum atomic E-state index is -3.56. The molecule has 0 radical (unpaired) electrons. The molecule has 3 rings (SSSR count). The fourth-order valence-electron chi connectivity index (χ4n) is 3.21. The van der Waals surface area contributed by atoms with Gasteiger partial charge in [0.2, 0.25) is 10.0 Å². The Bertz CT molecular complexity index is 975. The zero-order chi connectivity index (χ0) is 22.1. The summed E-state index contributed by atoms with van der Waals surface area (Å²) in [5, 5.41) is 6.35. The lowest BCUT2D eigenvalue weighted by Gasteiger charge is -2.13.